The van der Waals surface area contributed by atoms with E-state index >= 15 is 0 Å². The number of nitrogens with one attached hydrogen (secondary N) is 1. The summed E-state index contributed by atoms with van der Waals surface area (Å²) in [7, 11) is 0. The van der Waals surface area contributed by atoms with Crippen LogP contribution < -0.4 is 15.0 Å². The smallest absolute Gasteiger partial charge is 0.215 e. The topological polar surface area (TPSA) is 75.6 Å². The normalized spacial score (nSPS) is 17.4. The summed E-state index contributed by atoms with van der Waals surface area (Å²) in [6.07, 6.45) is 0.969. The molecule has 2 aromatic heterocycles. The number of hydrogen-bond donors (Lipinski definition) is 1. The highest BCUT2D eigenvalue weighted by molar-refractivity contribution is 5.66. The minimum atomic E-state index is 0.283. The van der Waals surface area contributed by atoms with Gasteiger partial charge in [-0.2, -0.15) is 4.98 Å². The van der Waals surface area contributed by atoms with Gasteiger partial charge in [-0.15, -0.1) is 0 Å². The Hall–Kier alpha value is -4.01. The molecule has 8 nitrogen and oxygen atoms in total. The van der Waals surface area contributed by atoms with E-state index in [1.807, 2.05) is 48.5 Å². The molecule has 0 saturated carbocycles. The van der Waals surface area contributed by atoms with E-state index in [1.165, 1.54) is 5.56 Å². The van der Waals surface area contributed by atoms with Crippen LogP contribution in [0.4, 0.5) is 17.3 Å². The Morgan fingerprint density at radius 1 is 0.951 bits per heavy atom. The molecule has 0 aliphatic carbocycles. The zero-order chi connectivity index (χ0) is 28.2. The van der Waals surface area contributed by atoms with Gasteiger partial charge >= 0.3 is 0 Å². The average molecular weight is 551 g/mol. The molecule has 1 fully saturated rings. The van der Waals surface area contributed by atoms with Crippen molar-refractivity contribution in [2.45, 2.75) is 52.4 Å². The molecule has 0 radical (unpaired) electrons. The van der Waals surface area contributed by atoms with Crippen LogP contribution in [0.25, 0.3) is 11.4 Å². The lowest BCUT2D eigenvalue weighted by atomic mass is 10.0. The van der Waals surface area contributed by atoms with Gasteiger partial charge in [0.25, 0.3) is 0 Å². The first-order chi connectivity index (χ1) is 20.0. The van der Waals surface area contributed by atoms with E-state index in [-0.39, 0.29) is 6.04 Å². The Morgan fingerprint density at radius 3 is 2.56 bits per heavy atom. The molecule has 6 rings (SSSR count). The summed E-state index contributed by atoms with van der Waals surface area (Å²) < 4.78 is 11.6. The van der Waals surface area contributed by atoms with E-state index in [0.29, 0.717) is 18.5 Å². The fourth-order valence-electron chi connectivity index (χ4n) is 5.43. The van der Waals surface area contributed by atoms with E-state index < -0.39 is 0 Å². The van der Waals surface area contributed by atoms with Gasteiger partial charge in [0.15, 0.2) is 5.82 Å². The maximum atomic E-state index is 5.90. The van der Waals surface area contributed by atoms with Gasteiger partial charge in [0, 0.05) is 48.6 Å². The van der Waals surface area contributed by atoms with E-state index in [4.69, 9.17) is 19.4 Å². The molecule has 2 aromatic carbocycles. The molecule has 4 aromatic rings. The summed E-state index contributed by atoms with van der Waals surface area (Å²) in [5.41, 5.74) is 5.47. The Labute approximate surface area is 242 Å². The Kier molecular flexibility index (Phi) is 8.11. The predicted octanol–water partition coefficient (Wildman–Crippen LogP) is 5.85. The summed E-state index contributed by atoms with van der Waals surface area (Å²) in [5.74, 6) is 3.15. The molecule has 8 heteroatoms. The van der Waals surface area contributed by atoms with Crippen LogP contribution >= 0.6 is 0 Å². The third-order valence-electron chi connectivity index (χ3n) is 7.81. The van der Waals surface area contributed by atoms with Crippen molar-refractivity contribution in [3.05, 3.63) is 89.6 Å². The van der Waals surface area contributed by atoms with Gasteiger partial charge in [0.05, 0.1) is 24.9 Å². The van der Waals surface area contributed by atoms with E-state index in [0.717, 1.165) is 79.2 Å². The highest BCUT2D eigenvalue weighted by atomic mass is 16.5. The minimum absolute atomic E-state index is 0.283. The lowest BCUT2D eigenvalue weighted by Gasteiger charge is -2.38. The van der Waals surface area contributed by atoms with Crippen molar-refractivity contribution in [2.24, 2.45) is 0 Å². The molecular weight excluding hydrogens is 512 g/mol. The fourth-order valence-corrected chi connectivity index (χ4v) is 5.43. The Morgan fingerprint density at radius 2 is 1.78 bits per heavy atom. The van der Waals surface area contributed by atoms with Crippen LogP contribution in [0.5, 0.6) is 5.88 Å². The molecular formula is C33H38N6O2. The van der Waals surface area contributed by atoms with Crippen molar-refractivity contribution in [1.82, 2.24) is 19.9 Å². The molecule has 1 N–H and O–H groups in total. The first kappa shape index (κ1) is 27.2. The number of hydrogen-bond acceptors (Lipinski definition) is 8. The molecule has 1 atom stereocenters. The summed E-state index contributed by atoms with van der Waals surface area (Å²) >= 11 is 0. The second-order valence-corrected chi connectivity index (χ2v) is 11.1. The molecule has 2 aliphatic rings. The van der Waals surface area contributed by atoms with Gasteiger partial charge < -0.3 is 19.7 Å². The zero-order valence-electron chi connectivity index (χ0n) is 24.1. The van der Waals surface area contributed by atoms with Gasteiger partial charge in [0.2, 0.25) is 5.88 Å². The maximum Gasteiger partial charge on any atom is 0.215 e. The van der Waals surface area contributed by atoms with Crippen molar-refractivity contribution < 1.29 is 9.47 Å². The van der Waals surface area contributed by atoms with Gasteiger partial charge in [-0.05, 0) is 63.1 Å². The number of nitrogens with zero attached hydrogens (tertiary/aromatic N) is 5. The highest BCUT2D eigenvalue weighted by Crippen LogP contribution is 2.32. The standard InChI is InChI=1S/C33H38N6O2/c1-23(2)38-17-16-28-29(20-38)35-32(37-33(28)39-18-19-40-21-24(39)3)26-12-14-27(15-13-26)34-30-10-7-11-31(36-30)41-22-25-8-5-4-6-9-25/h4-15,23-24H,16-22H2,1-3H3,(H,34,36). The van der Waals surface area contributed by atoms with Crippen LogP contribution in [0, 0.1) is 0 Å². The first-order valence-electron chi connectivity index (χ1n) is 14.5. The van der Waals surface area contributed by atoms with Gasteiger partial charge in [-0.3, -0.25) is 4.90 Å². The van der Waals surface area contributed by atoms with Crippen LogP contribution in [-0.4, -0.2) is 58.2 Å². The van der Waals surface area contributed by atoms with Gasteiger partial charge in [-0.25, -0.2) is 9.97 Å². The molecule has 0 bridgehead atoms. The van der Waals surface area contributed by atoms with E-state index in [1.54, 1.807) is 0 Å². The Balaban J connectivity index is 1.22. The van der Waals surface area contributed by atoms with Crippen molar-refractivity contribution in [2.75, 3.05) is 36.5 Å². The number of ether oxygens (including phenoxy) is 2. The fraction of sp³-hybridized carbons (Fsp3) is 0.364. The van der Waals surface area contributed by atoms with Crippen molar-refractivity contribution in [3.63, 3.8) is 0 Å². The van der Waals surface area contributed by atoms with Crippen LogP contribution in [-0.2, 0) is 24.3 Å². The lowest BCUT2D eigenvalue weighted by Crippen LogP contribution is -2.45. The largest absolute Gasteiger partial charge is 0.473 e. The van der Waals surface area contributed by atoms with E-state index in [2.05, 4.69) is 65.1 Å². The molecule has 41 heavy (non-hydrogen) atoms. The number of benzene rings is 2. The molecule has 0 spiro atoms. The molecule has 212 valence electrons. The number of rotatable bonds is 8. The van der Waals surface area contributed by atoms with Crippen LogP contribution in [0.2, 0.25) is 0 Å². The third kappa shape index (κ3) is 6.34. The number of aromatic nitrogens is 3. The van der Waals surface area contributed by atoms with Crippen molar-refractivity contribution in [3.8, 4) is 17.3 Å². The SMILES string of the molecule is CC(C)N1CCc2c(nc(-c3ccc(Nc4cccc(OCc5ccccc5)n4)cc3)nc2N2CCOCC2C)C1. The highest BCUT2D eigenvalue weighted by Gasteiger charge is 2.29. The predicted molar refractivity (Wildman–Crippen MR) is 163 cm³/mol. The number of pyridine rings is 1. The quantitative estimate of drug-likeness (QED) is 0.293. The Bertz CT molecular complexity index is 1460. The van der Waals surface area contributed by atoms with E-state index in [9.17, 15) is 0 Å². The van der Waals surface area contributed by atoms with Crippen LogP contribution in [0.15, 0.2) is 72.8 Å². The van der Waals surface area contributed by atoms with Crippen LogP contribution in [0.3, 0.4) is 0 Å². The van der Waals surface area contributed by atoms with Crippen molar-refractivity contribution >= 4 is 17.3 Å². The second kappa shape index (κ2) is 12.2. The first-order valence-corrected chi connectivity index (χ1v) is 14.5. The third-order valence-corrected chi connectivity index (χ3v) is 7.81. The van der Waals surface area contributed by atoms with Gasteiger partial charge in [-0.1, -0.05) is 36.4 Å². The summed E-state index contributed by atoms with van der Waals surface area (Å²) in [5, 5.41) is 3.40. The average Bonchev–Trinajstić information content (AvgIpc) is 3.00. The molecule has 2 aliphatic heterocycles. The van der Waals surface area contributed by atoms with Gasteiger partial charge in [0.1, 0.15) is 18.2 Å². The molecule has 4 heterocycles. The number of anilines is 3. The number of morpholine rings is 1. The molecule has 0 amide bonds. The monoisotopic (exact) mass is 550 g/mol. The summed E-state index contributed by atoms with van der Waals surface area (Å²) in [6, 6.07) is 24.9. The minimum Gasteiger partial charge on any atom is -0.473 e. The molecule has 1 saturated heterocycles. The lowest BCUT2D eigenvalue weighted by molar-refractivity contribution is 0.0983. The summed E-state index contributed by atoms with van der Waals surface area (Å²) in [4.78, 5) is 19.8. The maximum absolute atomic E-state index is 5.90. The zero-order valence-corrected chi connectivity index (χ0v) is 24.1. The second-order valence-electron chi connectivity index (χ2n) is 11.1. The number of fused-ring (bicyclic) bond motifs is 1. The van der Waals surface area contributed by atoms with Crippen molar-refractivity contribution in [1.29, 1.82) is 0 Å². The molecule has 1 unspecified atom stereocenters. The summed E-state index contributed by atoms with van der Waals surface area (Å²) in [6.45, 7) is 11.4. The van der Waals surface area contributed by atoms with Crippen LogP contribution in [0.1, 0.15) is 37.6 Å².